The first kappa shape index (κ1) is 13.4. The molecule has 14 heavy (non-hydrogen) atoms. The molecule has 0 aliphatic heterocycles. The smallest absolute Gasteiger partial charge is 0.496 e. The van der Waals surface area contributed by atoms with Crippen LogP contribution < -0.4 is 0 Å². The first-order valence-corrected chi connectivity index (χ1v) is 6.43. The third-order valence-electron chi connectivity index (χ3n) is 1.86. The fourth-order valence-electron chi connectivity index (χ4n) is 1.10. The van der Waals surface area contributed by atoms with Gasteiger partial charge in [0.1, 0.15) is 6.10 Å². The van der Waals surface area contributed by atoms with Crippen LogP contribution in [0.2, 0.25) is 0 Å². The van der Waals surface area contributed by atoms with Crippen LogP contribution in [0.1, 0.15) is 39.5 Å². The van der Waals surface area contributed by atoms with Gasteiger partial charge in [0.05, 0.1) is 6.61 Å². The molecular weight excluding hydrogens is 196 g/mol. The Morgan fingerprint density at radius 2 is 2.14 bits per heavy atom. The quantitative estimate of drug-likeness (QED) is 0.337. The summed E-state index contributed by atoms with van der Waals surface area (Å²) in [5.74, 6) is 0. The van der Waals surface area contributed by atoms with E-state index in [0.29, 0.717) is 6.61 Å². The van der Waals surface area contributed by atoms with Gasteiger partial charge in [-0.05, 0) is 19.8 Å². The number of hydrogen-bond acceptors (Lipinski definition) is 3. The zero-order chi connectivity index (χ0) is 10.8. The Labute approximate surface area is 88.0 Å². The Kier molecular flexibility index (Phi) is 8.52. The molecule has 0 aromatic heterocycles. The Morgan fingerprint density at radius 3 is 2.64 bits per heavy atom. The van der Waals surface area contributed by atoms with Gasteiger partial charge in [0.25, 0.3) is 0 Å². The molecule has 0 saturated heterocycles. The van der Waals surface area contributed by atoms with E-state index in [0.717, 1.165) is 12.8 Å². The minimum absolute atomic E-state index is 0.125. The molecule has 0 N–H and O–H groups in total. The van der Waals surface area contributed by atoms with Gasteiger partial charge < -0.3 is 8.85 Å². The maximum Gasteiger partial charge on any atom is 0.767 e. The lowest BCUT2D eigenvalue weighted by atomic mass is 10.1. The summed E-state index contributed by atoms with van der Waals surface area (Å²) in [6, 6.07) is 0. The van der Waals surface area contributed by atoms with E-state index in [-0.39, 0.29) is 6.10 Å². The van der Waals surface area contributed by atoms with E-state index >= 15 is 0 Å². The van der Waals surface area contributed by atoms with Gasteiger partial charge in [-0.1, -0.05) is 32.4 Å². The van der Waals surface area contributed by atoms with Gasteiger partial charge in [-0.2, -0.15) is 0 Å². The monoisotopic (exact) mass is 216 g/mol. The minimum Gasteiger partial charge on any atom is -0.496 e. The normalized spacial score (nSPS) is 11.9. The van der Waals surface area contributed by atoms with E-state index in [1.54, 1.807) is 13.0 Å². The summed E-state index contributed by atoms with van der Waals surface area (Å²) in [5.41, 5.74) is 0. The Hall–Kier alpha value is -0.643. The van der Waals surface area contributed by atoms with Crippen molar-refractivity contribution in [2.24, 2.45) is 0 Å². The van der Waals surface area contributed by atoms with Gasteiger partial charge in [-0.25, -0.2) is 0 Å². The summed E-state index contributed by atoms with van der Waals surface area (Å²) in [7, 11) is -2.31. The first-order valence-electron chi connectivity index (χ1n) is 5.20. The Morgan fingerprint density at radius 1 is 1.43 bits per heavy atom. The SMILES string of the molecule is C=CC(CCCCC)O[Si](=O)OCC. The summed E-state index contributed by atoms with van der Waals surface area (Å²) in [5, 5.41) is 0. The molecule has 0 bridgehead atoms. The van der Waals surface area contributed by atoms with Gasteiger partial charge >= 0.3 is 9.17 Å². The summed E-state index contributed by atoms with van der Waals surface area (Å²) in [6.45, 7) is 8.02. The molecule has 0 rings (SSSR count). The fraction of sp³-hybridized carbons (Fsp3) is 0.800. The summed E-state index contributed by atoms with van der Waals surface area (Å²) >= 11 is 0. The highest BCUT2D eigenvalue weighted by Gasteiger charge is 2.15. The van der Waals surface area contributed by atoms with Crippen LogP contribution >= 0.6 is 0 Å². The van der Waals surface area contributed by atoms with Gasteiger partial charge in [0, 0.05) is 0 Å². The predicted molar refractivity (Wildman–Crippen MR) is 57.3 cm³/mol. The van der Waals surface area contributed by atoms with Crippen LogP contribution in [0.15, 0.2) is 12.7 Å². The van der Waals surface area contributed by atoms with Crippen molar-refractivity contribution < 1.29 is 13.3 Å². The van der Waals surface area contributed by atoms with Crippen LogP contribution in [-0.2, 0) is 13.3 Å². The molecule has 1 unspecified atom stereocenters. The second kappa shape index (κ2) is 8.93. The average Bonchev–Trinajstić information content (AvgIpc) is 2.17. The van der Waals surface area contributed by atoms with E-state index in [1.165, 1.54) is 12.8 Å². The van der Waals surface area contributed by atoms with Crippen LogP contribution in [0, 0.1) is 0 Å². The van der Waals surface area contributed by atoms with Gasteiger partial charge in [0.15, 0.2) is 0 Å². The number of rotatable bonds is 9. The molecule has 0 heterocycles. The van der Waals surface area contributed by atoms with Crippen molar-refractivity contribution in [1.29, 1.82) is 0 Å². The minimum atomic E-state index is -2.31. The second-order valence-corrected chi connectivity index (χ2v) is 4.10. The largest absolute Gasteiger partial charge is 0.767 e. The molecule has 82 valence electrons. The van der Waals surface area contributed by atoms with Crippen LogP contribution in [0.5, 0.6) is 0 Å². The molecule has 0 radical (unpaired) electrons. The van der Waals surface area contributed by atoms with Crippen molar-refractivity contribution in [3.05, 3.63) is 12.7 Å². The molecule has 0 aliphatic carbocycles. The molecule has 4 heteroatoms. The van der Waals surface area contributed by atoms with E-state index < -0.39 is 9.17 Å². The predicted octanol–water partition coefficient (Wildman–Crippen LogP) is 2.59. The maximum atomic E-state index is 11.1. The lowest BCUT2D eigenvalue weighted by Gasteiger charge is -2.13. The summed E-state index contributed by atoms with van der Waals surface area (Å²) in [4.78, 5) is 0. The van der Waals surface area contributed by atoms with Crippen LogP contribution in [-0.4, -0.2) is 21.9 Å². The third-order valence-corrected chi connectivity index (χ3v) is 2.88. The number of unbranched alkanes of at least 4 members (excludes halogenated alkanes) is 2. The highest BCUT2D eigenvalue weighted by atomic mass is 28.3. The lowest BCUT2D eigenvalue weighted by molar-refractivity contribution is 0.137. The van der Waals surface area contributed by atoms with Crippen LogP contribution in [0.4, 0.5) is 0 Å². The van der Waals surface area contributed by atoms with E-state index in [2.05, 4.69) is 13.5 Å². The topological polar surface area (TPSA) is 35.5 Å². The molecule has 1 atom stereocenters. The van der Waals surface area contributed by atoms with Crippen molar-refractivity contribution in [3.63, 3.8) is 0 Å². The molecular formula is C10H20O3Si. The van der Waals surface area contributed by atoms with E-state index in [1.807, 2.05) is 0 Å². The second-order valence-electron chi connectivity index (χ2n) is 3.07. The van der Waals surface area contributed by atoms with Crippen LogP contribution in [0.25, 0.3) is 0 Å². The Bertz CT molecular complexity index is 171. The standard InChI is InChI=1S/C10H20O3Si/c1-4-7-8-9-10(5-2)13-14(11)12-6-3/h5,10H,2,4,6-9H2,1,3H3. The number of hydrogen-bond donors (Lipinski definition) is 0. The molecule has 0 aromatic carbocycles. The summed E-state index contributed by atoms with van der Waals surface area (Å²) in [6.07, 6.45) is 5.86. The summed E-state index contributed by atoms with van der Waals surface area (Å²) < 4.78 is 21.2. The zero-order valence-corrected chi connectivity index (χ0v) is 10.1. The van der Waals surface area contributed by atoms with Crippen molar-refractivity contribution >= 4 is 9.17 Å². The maximum absolute atomic E-state index is 11.1. The average molecular weight is 216 g/mol. The highest BCUT2D eigenvalue weighted by molar-refractivity contribution is 6.26. The van der Waals surface area contributed by atoms with Gasteiger partial charge in [-0.15, -0.1) is 0 Å². The molecule has 0 saturated carbocycles. The van der Waals surface area contributed by atoms with Crippen molar-refractivity contribution in [2.75, 3.05) is 6.61 Å². The van der Waals surface area contributed by atoms with Gasteiger partial charge in [-0.3, -0.25) is 4.46 Å². The fourth-order valence-corrected chi connectivity index (χ4v) is 1.86. The Balaban J connectivity index is 3.67. The van der Waals surface area contributed by atoms with E-state index in [4.69, 9.17) is 8.85 Å². The molecule has 3 nitrogen and oxygen atoms in total. The van der Waals surface area contributed by atoms with Crippen molar-refractivity contribution in [3.8, 4) is 0 Å². The molecule has 0 fully saturated rings. The highest BCUT2D eigenvalue weighted by Crippen LogP contribution is 2.07. The van der Waals surface area contributed by atoms with Gasteiger partial charge in [0.2, 0.25) is 0 Å². The zero-order valence-electron chi connectivity index (χ0n) is 9.12. The van der Waals surface area contributed by atoms with E-state index in [9.17, 15) is 4.46 Å². The molecule has 0 aromatic rings. The first-order chi connectivity index (χ1) is 6.74. The molecule has 0 aliphatic rings. The third kappa shape index (κ3) is 6.83. The molecule has 0 amide bonds. The molecule has 0 spiro atoms. The van der Waals surface area contributed by atoms with Crippen molar-refractivity contribution in [2.45, 2.75) is 45.6 Å². The van der Waals surface area contributed by atoms with Crippen LogP contribution in [0.3, 0.4) is 0 Å². The van der Waals surface area contributed by atoms with Crippen molar-refractivity contribution in [1.82, 2.24) is 0 Å². The lowest BCUT2D eigenvalue weighted by Crippen LogP contribution is -2.20.